The van der Waals surface area contributed by atoms with Crippen molar-refractivity contribution in [1.82, 2.24) is 10.1 Å². The third-order valence-corrected chi connectivity index (χ3v) is 3.57. The molecule has 0 aromatic carbocycles. The van der Waals surface area contributed by atoms with Gasteiger partial charge in [0.25, 0.3) is 5.91 Å². The molecular formula is C12H16N2O4. The Labute approximate surface area is 105 Å². The summed E-state index contributed by atoms with van der Waals surface area (Å²) >= 11 is 0. The fourth-order valence-electron chi connectivity index (χ4n) is 2.48. The number of amides is 1. The van der Waals surface area contributed by atoms with Crippen molar-refractivity contribution in [3.63, 3.8) is 0 Å². The summed E-state index contributed by atoms with van der Waals surface area (Å²) in [5, 5.41) is 3.64. The van der Waals surface area contributed by atoms with Crippen LogP contribution in [0.15, 0.2) is 10.7 Å². The largest absolute Gasteiger partial charge is 0.351 e. The lowest BCUT2D eigenvalue weighted by molar-refractivity contribution is -0.181. The summed E-state index contributed by atoms with van der Waals surface area (Å²) in [6, 6.07) is 0. The van der Waals surface area contributed by atoms with E-state index in [1.54, 1.807) is 11.1 Å². The van der Waals surface area contributed by atoms with Crippen molar-refractivity contribution in [3.8, 4) is 0 Å². The second-order valence-electron chi connectivity index (χ2n) is 4.74. The van der Waals surface area contributed by atoms with Gasteiger partial charge in [-0.25, -0.2) is 0 Å². The molecule has 98 valence electrons. The number of carbonyl (C=O) groups excluding carboxylic acids is 1. The van der Waals surface area contributed by atoms with Crippen LogP contribution in [0.2, 0.25) is 0 Å². The second-order valence-corrected chi connectivity index (χ2v) is 4.74. The summed E-state index contributed by atoms with van der Waals surface area (Å²) < 4.78 is 16.2. The third-order valence-electron chi connectivity index (χ3n) is 3.57. The van der Waals surface area contributed by atoms with Crippen LogP contribution >= 0.6 is 0 Å². The molecule has 2 fully saturated rings. The summed E-state index contributed by atoms with van der Waals surface area (Å²) in [7, 11) is 0. The molecule has 1 aromatic heterocycles. The van der Waals surface area contributed by atoms with Gasteiger partial charge in [0, 0.05) is 31.5 Å². The standard InChI is InChI=1S/C12H16N2O4/c1-9-8-13-18-10(9)11(15)14-4-2-12(3-5-14)16-6-7-17-12/h8H,2-7H2,1H3. The number of piperidine rings is 1. The fraction of sp³-hybridized carbons (Fsp3) is 0.667. The van der Waals surface area contributed by atoms with Gasteiger partial charge >= 0.3 is 0 Å². The topological polar surface area (TPSA) is 64.8 Å². The van der Waals surface area contributed by atoms with Gasteiger partial charge < -0.3 is 18.9 Å². The van der Waals surface area contributed by atoms with Crippen molar-refractivity contribution in [2.45, 2.75) is 25.6 Å². The average molecular weight is 252 g/mol. The van der Waals surface area contributed by atoms with Gasteiger partial charge in [0.1, 0.15) is 0 Å². The first-order chi connectivity index (χ1) is 8.70. The third kappa shape index (κ3) is 1.91. The Bertz CT molecular complexity index is 441. The SMILES string of the molecule is Cc1cnoc1C(=O)N1CCC2(CC1)OCCO2. The molecule has 6 nitrogen and oxygen atoms in total. The molecule has 0 unspecified atom stereocenters. The number of aryl methyl sites for hydroxylation is 1. The first kappa shape index (κ1) is 11.7. The molecule has 3 rings (SSSR count). The van der Waals surface area contributed by atoms with Gasteiger partial charge in [-0.15, -0.1) is 0 Å². The van der Waals surface area contributed by atoms with E-state index < -0.39 is 5.79 Å². The molecule has 2 saturated heterocycles. The predicted molar refractivity (Wildman–Crippen MR) is 61.0 cm³/mol. The highest BCUT2D eigenvalue weighted by Gasteiger charge is 2.41. The lowest BCUT2D eigenvalue weighted by Crippen LogP contribution is -2.47. The molecule has 1 spiro atoms. The number of aromatic nitrogens is 1. The maximum absolute atomic E-state index is 12.2. The summed E-state index contributed by atoms with van der Waals surface area (Å²) in [6.45, 7) is 4.36. The van der Waals surface area contributed by atoms with E-state index >= 15 is 0 Å². The van der Waals surface area contributed by atoms with Crippen LogP contribution in [-0.4, -0.2) is 48.1 Å². The van der Waals surface area contributed by atoms with Crippen molar-refractivity contribution >= 4 is 5.91 Å². The molecule has 0 saturated carbocycles. The van der Waals surface area contributed by atoms with Crippen molar-refractivity contribution < 1.29 is 18.8 Å². The zero-order valence-electron chi connectivity index (χ0n) is 10.3. The molecule has 0 bridgehead atoms. The van der Waals surface area contributed by atoms with E-state index in [0.29, 0.717) is 44.9 Å². The van der Waals surface area contributed by atoms with Crippen LogP contribution in [0.25, 0.3) is 0 Å². The Morgan fingerprint density at radius 2 is 2.00 bits per heavy atom. The van der Waals surface area contributed by atoms with Crippen molar-refractivity contribution in [1.29, 1.82) is 0 Å². The highest BCUT2D eigenvalue weighted by Crippen LogP contribution is 2.31. The summed E-state index contributed by atoms with van der Waals surface area (Å²) in [6.07, 6.45) is 2.99. The Hall–Kier alpha value is -1.40. The molecule has 0 aliphatic carbocycles. The average Bonchev–Trinajstić information content (AvgIpc) is 2.99. The van der Waals surface area contributed by atoms with Crippen LogP contribution in [-0.2, 0) is 9.47 Å². The molecule has 0 radical (unpaired) electrons. The number of likely N-dealkylation sites (tertiary alicyclic amines) is 1. The van der Waals surface area contributed by atoms with E-state index in [1.807, 2.05) is 6.92 Å². The van der Waals surface area contributed by atoms with E-state index in [0.717, 1.165) is 5.56 Å². The number of ether oxygens (including phenoxy) is 2. The molecule has 0 N–H and O–H groups in total. The molecule has 1 aromatic rings. The van der Waals surface area contributed by atoms with E-state index in [1.165, 1.54) is 0 Å². The minimum Gasteiger partial charge on any atom is -0.351 e. The highest BCUT2D eigenvalue weighted by atomic mass is 16.7. The van der Waals surface area contributed by atoms with Gasteiger partial charge in [0.2, 0.25) is 5.76 Å². The molecule has 6 heteroatoms. The predicted octanol–water partition coefficient (Wildman–Crippen LogP) is 0.962. The van der Waals surface area contributed by atoms with Crippen LogP contribution < -0.4 is 0 Å². The normalized spacial score (nSPS) is 22.6. The zero-order valence-corrected chi connectivity index (χ0v) is 10.3. The van der Waals surface area contributed by atoms with E-state index in [-0.39, 0.29) is 5.91 Å². The van der Waals surface area contributed by atoms with Gasteiger partial charge in [-0.3, -0.25) is 4.79 Å². The number of hydrogen-bond donors (Lipinski definition) is 0. The van der Waals surface area contributed by atoms with Crippen LogP contribution in [0.1, 0.15) is 29.0 Å². The Morgan fingerprint density at radius 3 is 2.56 bits per heavy atom. The Kier molecular flexibility index (Phi) is 2.83. The van der Waals surface area contributed by atoms with Gasteiger partial charge in [0.15, 0.2) is 5.79 Å². The summed E-state index contributed by atoms with van der Waals surface area (Å²) in [5.41, 5.74) is 0.772. The molecule has 3 heterocycles. The monoisotopic (exact) mass is 252 g/mol. The van der Waals surface area contributed by atoms with Crippen LogP contribution in [0, 0.1) is 6.92 Å². The van der Waals surface area contributed by atoms with E-state index in [9.17, 15) is 4.79 Å². The molecule has 2 aliphatic heterocycles. The first-order valence-corrected chi connectivity index (χ1v) is 6.19. The molecule has 0 atom stereocenters. The molecule has 2 aliphatic rings. The Balaban J connectivity index is 1.66. The minimum absolute atomic E-state index is 0.0992. The Morgan fingerprint density at radius 1 is 1.33 bits per heavy atom. The highest BCUT2D eigenvalue weighted by molar-refractivity contribution is 5.92. The van der Waals surface area contributed by atoms with Crippen LogP contribution in [0.5, 0.6) is 0 Å². The van der Waals surface area contributed by atoms with Crippen molar-refractivity contribution in [2.24, 2.45) is 0 Å². The number of rotatable bonds is 1. The lowest BCUT2D eigenvalue weighted by atomic mass is 10.0. The van der Waals surface area contributed by atoms with Gasteiger partial charge in [-0.05, 0) is 6.92 Å². The van der Waals surface area contributed by atoms with Gasteiger partial charge in [-0.2, -0.15) is 0 Å². The molecule has 1 amide bonds. The lowest BCUT2D eigenvalue weighted by Gasteiger charge is -2.37. The van der Waals surface area contributed by atoms with E-state index in [2.05, 4.69) is 5.16 Å². The smallest absolute Gasteiger partial charge is 0.292 e. The quantitative estimate of drug-likeness (QED) is 0.745. The minimum atomic E-state index is -0.451. The maximum atomic E-state index is 12.2. The van der Waals surface area contributed by atoms with Crippen molar-refractivity contribution in [2.75, 3.05) is 26.3 Å². The van der Waals surface area contributed by atoms with Gasteiger partial charge in [-0.1, -0.05) is 5.16 Å². The number of hydrogen-bond acceptors (Lipinski definition) is 5. The second kappa shape index (κ2) is 4.37. The van der Waals surface area contributed by atoms with Crippen molar-refractivity contribution in [3.05, 3.63) is 17.5 Å². The molecular weight excluding hydrogens is 236 g/mol. The maximum Gasteiger partial charge on any atom is 0.292 e. The van der Waals surface area contributed by atoms with Crippen LogP contribution in [0.4, 0.5) is 0 Å². The summed E-state index contributed by atoms with van der Waals surface area (Å²) in [4.78, 5) is 14.0. The zero-order chi connectivity index (χ0) is 12.6. The number of carbonyl (C=O) groups is 1. The molecule has 18 heavy (non-hydrogen) atoms. The van der Waals surface area contributed by atoms with Gasteiger partial charge in [0.05, 0.1) is 19.4 Å². The summed E-state index contributed by atoms with van der Waals surface area (Å²) in [5.74, 6) is -0.218. The first-order valence-electron chi connectivity index (χ1n) is 6.19. The van der Waals surface area contributed by atoms with E-state index in [4.69, 9.17) is 14.0 Å². The van der Waals surface area contributed by atoms with Crippen LogP contribution in [0.3, 0.4) is 0 Å². The number of nitrogens with zero attached hydrogens (tertiary/aromatic N) is 2. The fourth-order valence-corrected chi connectivity index (χ4v) is 2.48.